The lowest BCUT2D eigenvalue weighted by atomic mass is 9.82. The van der Waals surface area contributed by atoms with Crippen LogP contribution in [0.3, 0.4) is 0 Å². The van der Waals surface area contributed by atoms with E-state index in [9.17, 15) is 9.90 Å². The van der Waals surface area contributed by atoms with Crippen LogP contribution >= 0.6 is 0 Å². The first-order chi connectivity index (χ1) is 11.5. The number of phenolic OH excluding ortho intramolecular Hbond substituents is 1. The minimum absolute atomic E-state index is 0.00180. The van der Waals surface area contributed by atoms with E-state index in [0.29, 0.717) is 5.75 Å². The lowest BCUT2D eigenvalue weighted by molar-refractivity contribution is -0.139. The van der Waals surface area contributed by atoms with Gasteiger partial charge in [0.2, 0.25) is 5.88 Å². The van der Waals surface area contributed by atoms with Crippen LogP contribution in [0.25, 0.3) is 0 Å². The first-order valence-corrected chi connectivity index (χ1v) is 7.75. The van der Waals surface area contributed by atoms with Crippen LogP contribution in [0.1, 0.15) is 29.5 Å². The Morgan fingerprint density at radius 2 is 2.08 bits per heavy atom. The molecule has 24 heavy (non-hydrogen) atoms. The molecule has 5 heteroatoms. The summed E-state index contributed by atoms with van der Waals surface area (Å²) in [5, 5.41) is 9.71. The maximum absolute atomic E-state index is 12.5. The predicted molar refractivity (Wildman–Crippen MR) is 89.6 cm³/mol. The molecular weight excluding hydrogens is 306 g/mol. The van der Waals surface area contributed by atoms with E-state index in [4.69, 9.17) is 15.2 Å². The Bertz CT molecular complexity index is 826. The molecule has 1 aliphatic rings. The molecule has 124 valence electrons. The summed E-state index contributed by atoms with van der Waals surface area (Å²) < 4.78 is 10.7. The van der Waals surface area contributed by atoms with Gasteiger partial charge < -0.3 is 20.3 Å². The van der Waals surface area contributed by atoms with Crippen molar-refractivity contribution < 1.29 is 19.4 Å². The number of nitrogens with two attached hydrogens (primary N) is 1. The highest BCUT2D eigenvalue weighted by atomic mass is 16.5. The molecule has 2 aromatic rings. The summed E-state index contributed by atoms with van der Waals surface area (Å²) in [6.07, 6.45) is 0. The lowest BCUT2D eigenvalue weighted by Crippen LogP contribution is -2.27. The van der Waals surface area contributed by atoms with Crippen molar-refractivity contribution in [2.24, 2.45) is 5.73 Å². The number of aromatic hydroxyl groups is 1. The molecule has 0 amide bonds. The van der Waals surface area contributed by atoms with Crippen molar-refractivity contribution in [3.8, 4) is 11.5 Å². The second kappa shape index (κ2) is 6.28. The number of aryl methyl sites for hydroxylation is 1. The molecule has 3 rings (SSSR count). The molecule has 0 bridgehead atoms. The van der Waals surface area contributed by atoms with Gasteiger partial charge in [0, 0.05) is 11.6 Å². The number of hydrogen-bond donors (Lipinski definition) is 2. The number of carbonyl (C=O) groups is 1. The minimum atomic E-state index is -0.500. The van der Waals surface area contributed by atoms with E-state index in [1.165, 1.54) is 6.07 Å². The van der Waals surface area contributed by atoms with Crippen LogP contribution in [0.4, 0.5) is 0 Å². The molecule has 0 aromatic heterocycles. The second-order valence-corrected chi connectivity index (χ2v) is 5.67. The molecule has 2 aromatic carbocycles. The van der Waals surface area contributed by atoms with Gasteiger partial charge in [0.1, 0.15) is 17.1 Å². The van der Waals surface area contributed by atoms with Gasteiger partial charge in [-0.15, -0.1) is 0 Å². The van der Waals surface area contributed by atoms with Gasteiger partial charge >= 0.3 is 5.97 Å². The molecule has 0 aliphatic carbocycles. The number of phenols is 1. The lowest BCUT2D eigenvalue weighted by Gasteiger charge is -2.28. The van der Waals surface area contributed by atoms with Crippen LogP contribution in [-0.2, 0) is 9.53 Å². The molecule has 3 N–H and O–H groups in total. The van der Waals surface area contributed by atoms with E-state index in [-0.39, 0.29) is 23.8 Å². The van der Waals surface area contributed by atoms with Crippen LogP contribution in [0.15, 0.2) is 53.9 Å². The minimum Gasteiger partial charge on any atom is -0.508 e. The third-order valence-corrected chi connectivity index (χ3v) is 3.95. The van der Waals surface area contributed by atoms with E-state index >= 15 is 0 Å². The fourth-order valence-corrected chi connectivity index (χ4v) is 2.94. The number of esters is 1. The average molecular weight is 325 g/mol. The number of fused-ring (bicyclic) bond motifs is 1. The number of benzene rings is 2. The van der Waals surface area contributed by atoms with Crippen LogP contribution in [-0.4, -0.2) is 17.7 Å². The number of hydrogen-bond acceptors (Lipinski definition) is 5. The fourth-order valence-electron chi connectivity index (χ4n) is 2.94. The fraction of sp³-hybridized carbons (Fsp3) is 0.211. The quantitative estimate of drug-likeness (QED) is 0.848. The predicted octanol–water partition coefficient (Wildman–Crippen LogP) is 2.96. The first kappa shape index (κ1) is 15.9. The van der Waals surface area contributed by atoms with Gasteiger partial charge in [0.15, 0.2) is 0 Å². The maximum Gasteiger partial charge on any atom is 0.340 e. The van der Waals surface area contributed by atoms with E-state index in [0.717, 1.165) is 16.7 Å². The summed E-state index contributed by atoms with van der Waals surface area (Å²) in [6.45, 7) is 3.97. The summed E-state index contributed by atoms with van der Waals surface area (Å²) in [5.74, 6) is -0.400. The molecular formula is C19H19NO4. The van der Waals surface area contributed by atoms with Gasteiger partial charge in [-0.2, -0.15) is 0 Å². The van der Waals surface area contributed by atoms with Crippen molar-refractivity contribution in [2.45, 2.75) is 19.8 Å². The first-order valence-electron chi connectivity index (χ1n) is 7.75. The standard InChI is InChI=1S/C19H19NO4/c1-3-23-19(22)17-16(12-6-4-5-11(2)9-12)14-8-7-13(21)10-15(14)24-18(17)20/h4-10,16,21H,3,20H2,1-2H3/t16-/m1/s1. The van der Waals surface area contributed by atoms with Crippen LogP contribution < -0.4 is 10.5 Å². The number of carbonyl (C=O) groups excluding carboxylic acids is 1. The summed E-state index contributed by atoms with van der Waals surface area (Å²) >= 11 is 0. The van der Waals surface area contributed by atoms with E-state index < -0.39 is 11.9 Å². The smallest absolute Gasteiger partial charge is 0.340 e. The Kier molecular flexibility index (Phi) is 4.16. The summed E-state index contributed by atoms with van der Waals surface area (Å²) in [4.78, 5) is 12.5. The van der Waals surface area contributed by atoms with Crippen molar-refractivity contribution >= 4 is 5.97 Å². The molecule has 0 spiro atoms. The molecule has 0 unspecified atom stereocenters. The average Bonchev–Trinajstić information content (AvgIpc) is 2.53. The third-order valence-electron chi connectivity index (χ3n) is 3.95. The van der Waals surface area contributed by atoms with Gasteiger partial charge in [-0.25, -0.2) is 4.79 Å². The Hall–Kier alpha value is -2.95. The van der Waals surface area contributed by atoms with Gasteiger partial charge in [-0.1, -0.05) is 35.9 Å². The Morgan fingerprint density at radius 1 is 1.29 bits per heavy atom. The highest BCUT2D eigenvalue weighted by Crippen LogP contribution is 2.43. The molecule has 0 fully saturated rings. The second-order valence-electron chi connectivity index (χ2n) is 5.67. The molecule has 0 saturated carbocycles. The summed E-state index contributed by atoms with van der Waals surface area (Å²) in [6, 6.07) is 12.6. The SMILES string of the molecule is CCOC(=O)C1=C(N)Oc2cc(O)ccc2[C@H]1c1cccc(C)c1. The van der Waals surface area contributed by atoms with Gasteiger partial charge in [-0.3, -0.25) is 0 Å². The van der Waals surface area contributed by atoms with Crippen LogP contribution in [0, 0.1) is 6.92 Å². The van der Waals surface area contributed by atoms with E-state index in [2.05, 4.69) is 0 Å². The van der Waals surface area contributed by atoms with E-state index in [1.54, 1.807) is 19.1 Å². The van der Waals surface area contributed by atoms with Crippen LogP contribution in [0.5, 0.6) is 11.5 Å². The van der Waals surface area contributed by atoms with Crippen molar-refractivity contribution in [3.63, 3.8) is 0 Å². The Balaban J connectivity index is 2.20. The van der Waals surface area contributed by atoms with Crippen LogP contribution in [0.2, 0.25) is 0 Å². The summed E-state index contributed by atoms with van der Waals surface area (Å²) in [7, 11) is 0. The molecule has 1 aliphatic heterocycles. The number of rotatable bonds is 3. The highest BCUT2D eigenvalue weighted by molar-refractivity contribution is 5.92. The zero-order chi connectivity index (χ0) is 17.3. The van der Waals surface area contributed by atoms with Gasteiger partial charge in [0.05, 0.1) is 12.5 Å². The Morgan fingerprint density at radius 3 is 2.79 bits per heavy atom. The van der Waals surface area contributed by atoms with Gasteiger partial charge in [0.25, 0.3) is 0 Å². The summed E-state index contributed by atoms with van der Waals surface area (Å²) in [5.41, 5.74) is 9.04. The topological polar surface area (TPSA) is 81.8 Å². The van der Waals surface area contributed by atoms with Crippen molar-refractivity contribution in [1.82, 2.24) is 0 Å². The van der Waals surface area contributed by atoms with Crippen molar-refractivity contribution in [3.05, 3.63) is 70.6 Å². The van der Waals surface area contributed by atoms with Crippen molar-refractivity contribution in [2.75, 3.05) is 6.61 Å². The molecule has 1 heterocycles. The maximum atomic E-state index is 12.5. The third kappa shape index (κ3) is 2.80. The normalized spacial score (nSPS) is 16.3. The molecule has 5 nitrogen and oxygen atoms in total. The zero-order valence-corrected chi connectivity index (χ0v) is 13.6. The molecule has 0 radical (unpaired) electrons. The van der Waals surface area contributed by atoms with Gasteiger partial charge in [-0.05, 0) is 25.5 Å². The monoisotopic (exact) mass is 325 g/mol. The highest BCUT2D eigenvalue weighted by Gasteiger charge is 2.35. The Labute approximate surface area is 140 Å². The van der Waals surface area contributed by atoms with Crippen molar-refractivity contribution in [1.29, 1.82) is 0 Å². The largest absolute Gasteiger partial charge is 0.508 e. The zero-order valence-electron chi connectivity index (χ0n) is 13.6. The van der Waals surface area contributed by atoms with E-state index in [1.807, 2.05) is 31.2 Å². The molecule has 1 atom stereocenters. The number of ether oxygens (including phenoxy) is 2. The molecule has 0 saturated heterocycles.